The Hall–Kier alpha value is -2.94. The van der Waals surface area contributed by atoms with Crippen molar-refractivity contribution in [2.45, 2.75) is 0 Å². The molecule has 9 nitrogen and oxygen atoms in total. The normalized spacial score (nSPS) is 15.1. The van der Waals surface area contributed by atoms with Crippen molar-refractivity contribution < 1.29 is 9.53 Å². The number of hydrogen-bond donors (Lipinski definition) is 0. The van der Waals surface area contributed by atoms with Crippen LogP contribution < -0.4 is 5.69 Å². The lowest BCUT2D eigenvalue weighted by Gasteiger charge is -2.25. The Kier molecular flexibility index (Phi) is 3.42. The van der Waals surface area contributed by atoms with E-state index >= 15 is 0 Å². The molecule has 1 aromatic carbocycles. The average Bonchev–Trinajstić information content (AvgIpc) is 3.18. The molecule has 9 heteroatoms. The summed E-state index contributed by atoms with van der Waals surface area (Å²) in [6.45, 7) is 1.79. The Morgan fingerprint density at radius 1 is 1.17 bits per heavy atom. The summed E-state index contributed by atoms with van der Waals surface area (Å²) >= 11 is 0. The molecule has 0 atom stereocenters. The van der Waals surface area contributed by atoms with E-state index in [0.29, 0.717) is 32.0 Å². The van der Waals surface area contributed by atoms with Gasteiger partial charge in [-0.25, -0.2) is 9.59 Å². The molecule has 2 aromatic heterocycles. The van der Waals surface area contributed by atoms with Crippen LogP contribution >= 0.6 is 0 Å². The van der Waals surface area contributed by atoms with Gasteiger partial charge in [-0.15, -0.1) is 4.68 Å². The summed E-state index contributed by atoms with van der Waals surface area (Å²) in [4.78, 5) is 26.6. The van der Waals surface area contributed by atoms with Crippen molar-refractivity contribution in [3.63, 3.8) is 0 Å². The Balaban J connectivity index is 1.76. The van der Waals surface area contributed by atoms with Crippen LogP contribution in [-0.4, -0.2) is 61.6 Å². The Morgan fingerprint density at radius 3 is 2.75 bits per heavy atom. The molecule has 0 unspecified atom stereocenters. The summed E-state index contributed by atoms with van der Waals surface area (Å²) in [5, 5.41) is 8.52. The second-order valence-electron chi connectivity index (χ2n) is 5.60. The molecule has 124 valence electrons. The van der Waals surface area contributed by atoms with Gasteiger partial charge in [0.25, 0.3) is 0 Å². The SMILES string of the molecule is Cn1ccc2c(-n3nnn(C(=O)N4CCOCC4)c3=O)cccc21. The molecule has 3 aromatic rings. The number of nitrogens with zero attached hydrogens (tertiary/aromatic N) is 6. The van der Waals surface area contributed by atoms with Crippen LogP contribution in [-0.2, 0) is 11.8 Å². The molecule has 0 spiro atoms. The molecule has 3 heterocycles. The third kappa shape index (κ3) is 2.21. The van der Waals surface area contributed by atoms with E-state index in [-0.39, 0.29) is 0 Å². The minimum Gasteiger partial charge on any atom is -0.378 e. The number of ether oxygens (including phenoxy) is 1. The fourth-order valence-electron chi connectivity index (χ4n) is 2.88. The molecular formula is C15H16N6O3. The standard InChI is InChI=1S/C15H16N6O3/c1-18-6-5-11-12(18)3-2-4-13(11)20-15(23)21(17-16-20)14(22)19-7-9-24-10-8-19/h2-6H,7-10H2,1H3. The van der Waals surface area contributed by atoms with Crippen LogP contribution in [0, 0.1) is 0 Å². The second kappa shape index (κ2) is 5.60. The van der Waals surface area contributed by atoms with Crippen molar-refractivity contribution in [2.75, 3.05) is 26.3 Å². The van der Waals surface area contributed by atoms with E-state index in [0.717, 1.165) is 20.3 Å². The molecule has 1 amide bonds. The van der Waals surface area contributed by atoms with E-state index in [1.165, 1.54) is 4.90 Å². The monoisotopic (exact) mass is 328 g/mol. The van der Waals surface area contributed by atoms with E-state index in [4.69, 9.17) is 4.74 Å². The number of benzene rings is 1. The summed E-state index contributed by atoms with van der Waals surface area (Å²) < 4.78 is 9.12. The number of morpholine rings is 1. The molecule has 0 saturated carbocycles. The number of carbonyl (C=O) groups is 1. The predicted molar refractivity (Wildman–Crippen MR) is 85.3 cm³/mol. The summed E-state index contributed by atoms with van der Waals surface area (Å²) in [5.41, 5.74) is 0.982. The van der Waals surface area contributed by atoms with Gasteiger partial charge in [0.2, 0.25) is 0 Å². The highest BCUT2D eigenvalue weighted by Gasteiger charge is 2.23. The topological polar surface area (TPSA) is 87.2 Å². The number of aryl methyl sites for hydroxylation is 1. The zero-order valence-electron chi connectivity index (χ0n) is 13.1. The number of aromatic nitrogens is 5. The first-order chi connectivity index (χ1) is 11.7. The molecule has 1 saturated heterocycles. The number of rotatable bonds is 1. The lowest BCUT2D eigenvalue weighted by Crippen LogP contribution is -2.46. The average molecular weight is 328 g/mol. The first-order valence-electron chi connectivity index (χ1n) is 7.63. The highest BCUT2D eigenvalue weighted by molar-refractivity contribution is 5.88. The van der Waals surface area contributed by atoms with Gasteiger partial charge in [0.1, 0.15) is 0 Å². The van der Waals surface area contributed by atoms with Crippen LogP contribution in [0.25, 0.3) is 16.6 Å². The summed E-state index contributed by atoms with van der Waals surface area (Å²) in [7, 11) is 1.92. The molecule has 0 aliphatic carbocycles. The van der Waals surface area contributed by atoms with Gasteiger partial charge in [-0.2, -0.15) is 4.68 Å². The maximum Gasteiger partial charge on any atom is 0.377 e. The first-order valence-corrected chi connectivity index (χ1v) is 7.63. The maximum atomic E-state index is 12.6. The lowest BCUT2D eigenvalue weighted by molar-refractivity contribution is 0.0525. The summed E-state index contributed by atoms with van der Waals surface area (Å²) in [6, 6.07) is 7.00. The molecule has 0 N–H and O–H groups in total. The van der Waals surface area contributed by atoms with Crippen molar-refractivity contribution in [3.8, 4) is 5.69 Å². The number of tetrazole rings is 1. The van der Waals surface area contributed by atoms with E-state index in [1.807, 2.05) is 36.0 Å². The van der Waals surface area contributed by atoms with Crippen LogP contribution in [0.2, 0.25) is 0 Å². The van der Waals surface area contributed by atoms with Crippen LogP contribution in [0.15, 0.2) is 35.3 Å². The second-order valence-corrected chi connectivity index (χ2v) is 5.60. The maximum absolute atomic E-state index is 12.6. The van der Waals surface area contributed by atoms with E-state index in [1.54, 1.807) is 6.07 Å². The largest absolute Gasteiger partial charge is 0.378 e. The van der Waals surface area contributed by atoms with E-state index < -0.39 is 11.7 Å². The third-order valence-corrected chi connectivity index (χ3v) is 4.18. The number of amides is 1. The minimum absolute atomic E-state index is 0.437. The minimum atomic E-state index is -0.581. The van der Waals surface area contributed by atoms with Gasteiger partial charge in [-0.3, -0.25) is 0 Å². The smallest absolute Gasteiger partial charge is 0.377 e. The van der Waals surface area contributed by atoms with Gasteiger partial charge in [0.05, 0.1) is 18.9 Å². The quantitative estimate of drug-likeness (QED) is 0.597. The van der Waals surface area contributed by atoms with Crippen LogP contribution in [0.4, 0.5) is 4.79 Å². The van der Waals surface area contributed by atoms with Crippen molar-refractivity contribution >= 4 is 16.9 Å². The fourth-order valence-corrected chi connectivity index (χ4v) is 2.88. The fraction of sp³-hybridized carbons (Fsp3) is 0.333. The van der Waals surface area contributed by atoms with Gasteiger partial charge in [-0.1, -0.05) is 6.07 Å². The highest BCUT2D eigenvalue weighted by Crippen LogP contribution is 2.21. The lowest BCUT2D eigenvalue weighted by atomic mass is 10.2. The zero-order valence-corrected chi connectivity index (χ0v) is 13.1. The van der Waals surface area contributed by atoms with Crippen molar-refractivity contribution in [3.05, 3.63) is 40.9 Å². The number of carbonyl (C=O) groups excluding carboxylic acids is 1. The van der Waals surface area contributed by atoms with Gasteiger partial charge in [0.15, 0.2) is 0 Å². The molecule has 4 rings (SSSR count). The van der Waals surface area contributed by atoms with E-state index in [9.17, 15) is 9.59 Å². The Morgan fingerprint density at radius 2 is 1.96 bits per heavy atom. The zero-order chi connectivity index (χ0) is 16.7. The Labute approximate surface area is 136 Å². The summed E-state index contributed by atoms with van der Waals surface area (Å²) in [5.74, 6) is 0. The molecule has 0 radical (unpaired) electrons. The number of fused-ring (bicyclic) bond motifs is 1. The van der Waals surface area contributed by atoms with Crippen LogP contribution in [0.5, 0.6) is 0 Å². The molecular weight excluding hydrogens is 312 g/mol. The van der Waals surface area contributed by atoms with Gasteiger partial charge in [0, 0.05) is 37.2 Å². The number of hydrogen-bond acceptors (Lipinski definition) is 5. The molecule has 1 fully saturated rings. The summed E-state index contributed by atoms with van der Waals surface area (Å²) in [6.07, 6.45) is 1.91. The molecule has 1 aliphatic heterocycles. The van der Waals surface area contributed by atoms with E-state index in [2.05, 4.69) is 10.4 Å². The molecule has 0 bridgehead atoms. The van der Waals surface area contributed by atoms with Crippen molar-refractivity contribution in [2.24, 2.45) is 7.05 Å². The van der Waals surface area contributed by atoms with Gasteiger partial charge < -0.3 is 14.2 Å². The third-order valence-electron chi connectivity index (χ3n) is 4.18. The van der Waals surface area contributed by atoms with Gasteiger partial charge in [-0.05, 0) is 28.6 Å². The molecule has 24 heavy (non-hydrogen) atoms. The first kappa shape index (κ1) is 14.6. The predicted octanol–water partition coefficient (Wildman–Crippen LogP) is 0.221. The van der Waals surface area contributed by atoms with Crippen molar-refractivity contribution in [1.82, 2.24) is 29.3 Å². The Bertz CT molecular complexity index is 963. The van der Waals surface area contributed by atoms with Crippen LogP contribution in [0.1, 0.15) is 0 Å². The van der Waals surface area contributed by atoms with Gasteiger partial charge >= 0.3 is 11.7 Å². The molecule has 1 aliphatic rings. The van der Waals surface area contributed by atoms with Crippen molar-refractivity contribution in [1.29, 1.82) is 0 Å². The highest BCUT2D eigenvalue weighted by atomic mass is 16.5. The van der Waals surface area contributed by atoms with Crippen LogP contribution in [0.3, 0.4) is 0 Å².